The number of nitrogens with two attached hydrogens (primary N) is 4. The number of unbranched alkanes of at least 4 members (excludes halogenated alkanes) is 1. The summed E-state index contributed by atoms with van der Waals surface area (Å²) in [6, 6.07) is 1.90. The Bertz CT molecular complexity index is 4140. The number of H-pyrrole nitrogens is 2. The van der Waals surface area contributed by atoms with Gasteiger partial charge in [-0.05, 0) is 124 Å². The number of nitrogens with zero attached hydrogens (tertiary/aromatic N) is 3. The van der Waals surface area contributed by atoms with Gasteiger partial charge in [-0.25, -0.2) is 9.78 Å². The third-order valence-corrected chi connectivity index (χ3v) is 19.6. The number of para-hydroxylation sites is 1. The van der Waals surface area contributed by atoms with E-state index in [1.54, 1.807) is 80.9 Å². The number of hydrogen-bond donors (Lipinski definition) is 22. The zero-order valence-electron chi connectivity index (χ0n) is 64.1. The van der Waals surface area contributed by atoms with Crippen molar-refractivity contribution in [1.29, 1.82) is 5.41 Å². The number of aromatic amines is 2. The van der Waals surface area contributed by atoms with Crippen molar-refractivity contribution in [2.75, 3.05) is 51.4 Å². The molecule has 26 N–H and O–H groups in total. The van der Waals surface area contributed by atoms with Gasteiger partial charge in [0.2, 0.25) is 65.0 Å². The fourth-order valence-electron chi connectivity index (χ4n) is 12.7. The Morgan fingerprint density at radius 2 is 1.18 bits per heavy atom. The number of carboxylic acid groups (broad SMARTS) is 2. The molecule has 0 spiro atoms. The summed E-state index contributed by atoms with van der Waals surface area (Å²) in [6.07, 6.45) is 3.69. The molecule has 40 heteroatoms. The maximum atomic E-state index is 15.7. The van der Waals surface area contributed by atoms with Crippen molar-refractivity contribution in [2.45, 2.75) is 176 Å². The number of benzene rings is 3. The highest BCUT2D eigenvalue weighted by Crippen LogP contribution is 2.24. The third-order valence-electron chi connectivity index (χ3n) is 18.9. The molecule has 6 rings (SSSR count). The Morgan fingerprint density at radius 1 is 0.617 bits per heavy atom. The number of aliphatic carboxylic acids is 2. The number of aliphatic hydroxyl groups excluding tert-OH is 2. The number of aliphatic hydroxyl groups is 2. The van der Waals surface area contributed by atoms with E-state index in [1.807, 2.05) is 0 Å². The van der Waals surface area contributed by atoms with Gasteiger partial charge in [0, 0.05) is 67.8 Å². The number of aromatic hydroxyl groups is 1. The summed E-state index contributed by atoms with van der Waals surface area (Å²) >= 11 is 1.23. The molecular weight excluding hydrogens is 1520 g/mol. The number of phenols is 1. The van der Waals surface area contributed by atoms with Crippen LogP contribution >= 0.6 is 11.8 Å². The number of guanidine groups is 1. The van der Waals surface area contributed by atoms with Gasteiger partial charge in [-0.15, -0.1) is 0 Å². The number of nitrogens with one attached hydrogen (secondary N) is 13. The van der Waals surface area contributed by atoms with E-state index in [0.29, 0.717) is 45.3 Å². The summed E-state index contributed by atoms with van der Waals surface area (Å²) < 4.78 is 0. The van der Waals surface area contributed by atoms with Crippen LogP contribution in [0.2, 0.25) is 0 Å². The second-order valence-electron chi connectivity index (χ2n) is 28.0. The zero-order chi connectivity index (χ0) is 84.4. The molecular formula is C75H106N20O19S. The molecule has 2 aromatic heterocycles. The number of amides is 12. The van der Waals surface area contributed by atoms with E-state index in [1.165, 1.54) is 53.5 Å². The van der Waals surface area contributed by atoms with Crippen LogP contribution < -0.4 is 76.1 Å². The average molecular weight is 1620 g/mol. The number of fused-ring (bicyclic) bond motifs is 1. The number of rotatable bonds is 48. The summed E-state index contributed by atoms with van der Waals surface area (Å²) in [7, 11) is 0. The largest absolute Gasteiger partial charge is 0.508 e. The lowest BCUT2D eigenvalue weighted by Crippen LogP contribution is -2.62. The summed E-state index contributed by atoms with van der Waals surface area (Å²) in [6.45, 7) is 0.330. The molecule has 0 saturated carbocycles. The molecule has 1 saturated heterocycles. The average Bonchev–Trinajstić information content (AvgIpc) is 1.80. The number of carbonyl (C=O) groups excluding carboxylic acids is 12. The van der Waals surface area contributed by atoms with E-state index >= 15 is 19.2 Å². The van der Waals surface area contributed by atoms with Gasteiger partial charge in [-0.3, -0.25) is 72.6 Å². The third kappa shape index (κ3) is 29.1. The van der Waals surface area contributed by atoms with Crippen LogP contribution in [0.1, 0.15) is 100 Å². The Kier molecular flexibility index (Phi) is 37.4. The molecule has 0 aliphatic carbocycles. The van der Waals surface area contributed by atoms with Crippen LogP contribution in [0.3, 0.4) is 0 Å². The number of imidazole rings is 1. The van der Waals surface area contributed by atoms with E-state index < -0.39 is 206 Å². The van der Waals surface area contributed by atoms with Crippen LogP contribution in [0, 0.1) is 11.3 Å². The lowest BCUT2D eigenvalue weighted by atomic mass is 10.0. The number of hydrogen-bond acceptors (Lipinski definition) is 23. The molecule has 115 heavy (non-hydrogen) atoms. The van der Waals surface area contributed by atoms with Crippen molar-refractivity contribution >= 4 is 111 Å². The van der Waals surface area contributed by atoms with Crippen molar-refractivity contribution in [3.05, 3.63) is 120 Å². The van der Waals surface area contributed by atoms with E-state index in [2.05, 4.69) is 68.1 Å². The summed E-state index contributed by atoms with van der Waals surface area (Å²) in [5.41, 5.74) is 26.2. The number of thioether (sulfide) groups is 1. The highest BCUT2D eigenvalue weighted by Gasteiger charge is 2.42. The summed E-state index contributed by atoms with van der Waals surface area (Å²) in [5, 5.41) is 83.5. The molecule has 0 radical (unpaired) electrons. The van der Waals surface area contributed by atoms with Gasteiger partial charge in [-0.2, -0.15) is 11.8 Å². The number of aromatic nitrogens is 3. The van der Waals surface area contributed by atoms with Gasteiger partial charge in [0.15, 0.2) is 5.96 Å². The molecule has 1 aliphatic heterocycles. The van der Waals surface area contributed by atoms with Gasteiger partial charge in [0.1, 0.15) is 78.8 Å². The topological polar surface area (TPSA) is 639 Å². The van der Waals surface area contributed by atoms with Crippen LogP contribution in [-0.4, -0.2) is 263 Å². The first-order chi connectivity index (χ1) is 54.9. The van der Waals surface area contributed by atoms with Gasteiger partial charge in [-0.1, -0.05) is 74.5 Å². The molecule has 1 fully saturated rings. The summed E-state index contributed by atoms with van der Waals surface area (Å²) in [4.78, 5) is 211. The van der Waals surface area contributed by atoms with Crippen LogP contribution in [0.25, 0.3) is 10.9 Å². The number of carbonyl (C=O) groups is 14. The predicted octanol–water partition coefficient (Wildman–Crippen LogP) is -4.03. The second kappa shape index (κ2) is 46.6. The normalized spacial score (nSPS) is 15.4. The zero-order valence-corrected chi connectivity index (χ0v) is 64.9. The highest BCUT2D eigenvalue weighted by atomic mass is 32.2. The van der Waals surface area contributed by atoms with E-state index in [4.69, 9.17) is 28.3 Å². The SMILES string of the molecule is CSCC[C@H](NC(=O)[C@H](CO)NC(=O)[C@H](Cc1ccc(O)cc1)NC(=O)[C@@H](N)CO)C(=O)N[C@@H](CCC(=O)O)C(=O)N[C@@H](Cc1cnc[nH]1)C(=O)N[C@@H](Cc1ccccc1)C(=O)N[C@@H](CCCNC(=N)N)C(=O)N(CC(=O)N[C@@H](CCCCN)C(=O)N1CCC[C@H]1C(=O)N[C@H](C(=O)O)C(C)C)C(=O)[C@@H](N)Cc1c[nH]c2ccccc12. The Hall–Kier alpha value is -11.6. The van der Waals surface area contributed by atoms with Crippen LogP contribution in [-0.2, 0) is 92.8 Å². The lowest BCUT2D eigenvalue weighted by Gasteiger charge is -2.32. The van der Waals surface area contributed by atoms with Gasteiger partial charge in [0.25, 0.3) is 5.91 Å². The Labute approximate surface area is 666 Å². The summed E-state index contributed by atoms with van der Waals surface area (Å²) in [5.74, 6) is -16.1. The van der Waals surface area contributed by atoms with E-state index in [9.17, 15) is 73.5 Å². The monoisotopic (exact) mass is 1620 g/mol. The maximum absolute atomic E-state index is 15.7. The van der Waals surface area contributed by atoms with Gasteiger partial charge in [0.05, 0.1) is 25.6 Å². The van der Waals surface area contributed by atoms with Crippen LogP contribution in [0.5, 0.6) is 5.75 Å². The maximum Gasteiger partial charge on any atom is 0.326 e. The molecule has 3 aromatic carbocycles. The van der Waals surface area contributed by atoms with Crippen molar-refractivity contribution in [2.24, 2.45) is 28.9 Å². The van der Waals surface area contributed by atoms with Crippen molar-refractivity contribution < 1.29 is 92.7 Å². The first-order valence-electron chi connectivity index (χ1n) is 37.5. The van der Waals surface area contributed by atoms with Crippen molar-refractivity contribution in [3.8, 4) is 5.75 Å². The van der Waals surface area contributed by atoms with Gasteiger partial charge >= 0.3 is 11.9 Å². The standard InChI is InChI=1S/C75H106N20O19S/c1-41(2)62(74(113)114)93-70(109)59-19-12-29-94(59)72(111)53(17-9-10-27-76)85-60(99)37-95(71(110)48(77)33-44-35-83-50-16-8-7-15-47(44)50)73(112)54(18-11-28-82-75(79)80)88-66(105)56(31-42-13-5-4-6-14-42)90-68(107)57(34-45-36-81-40-84-45)91-64(103)51(24-25-61(100)101)86-65(104)52(26-30-115-3)87-69(108)58(39-97)92-67(106)55(89-63(102)49(78)38-96)32-43-20-22-46(98)23-21-43/h4-8,13-16,20-23,35-36,40-41,48-49,51-59,62,83,96-98H,9-12,17-19,24-34,37-39,76-78H2,1-3H3,(H,81,84)(H,85,99)(H,86,104)(H,87,108)(H,88,105)(H,89,102)(H,90,107)(H,91,103)(H,92,106)(H,93,109)(H,100,101)(H,113,114)(H4,79,80,82)/t48-,49-,51-,52-,53-,54-,55-,56-,57-,58-,59-,62-/m0/s1. The molecule has 0 unspecified atom stereocenters. The Balaban J connectivity index is 1.32. The van der Waals surface area contributed by atoms with Crippen LogP contribution in [0.15, 0.2) is 97.6 Å². The minimum atomic E-state index is -1.81. The molecule has 12 amide bonds. The molecule has 3 heterocycles. The highest BCUT2D eigenvalue weighted by molar-refractivity contribution is 7.98. The minimum absolute atomic E-state index is 0.0424. The molecule has 5 aromatic rings. The smallest absolute Gasteiger partial charge is 0.326 e. The number of carboxylic acids is 2. The van der Waals surface area contributed by atoms with E-state index in [-0.39, 0.29) is 94.6 Å². The molecule has 39 nitrogen and oxygen atoms in total. The minimum Gasteiger partial charge on any atom is -0.508 e. The fourth-order valence-corrected chi connectivity index (χ4v) is 13.1. The number of likely N-dealkylation sites (tertiary alicyclic amines) is 1. The first kappa shape index (κ1) is 92.3. The predicted molar refractivity (Wildman–Crippen MR) is 420 cm³/mol. The molecule has 0 bridgehead atoms. The Morgan fingerprint density at radius 3 is 1.77 bits per heavy atom. The molecule has 12 atom stereocenters. The number of phenolic OH excluding ortho intramolecular Hbond substituents is 1. The first-order valence-corrected chi connectivity index (χ1v) is 38.9. The van der Waals surface area contributed by atoms with Crippen molar-refractivity contribution in [3.63, 3.8) is 0 Å². The number of imide groups is 1. The quantitative estimate of drug-likeness (QED) is 0.0100. The van der Waals surface area contributed by atoms with Crippen molar-refractivity contribution in [1.82, 2.24) is 77.9 Å². The molecule has 626 valence electrons. The van der Waals surface area contributed by atoms with E-state index in [0.717, 1.165) is 0 Å². The fraction of sp³-hybridized carbons (Fsp3) is 0.493. The second-order valence-corrected chi connectivity index (χ2v) is 29.0. The van der Waals surface area contributed by atoms with Crippen LogP contribution in [0.4, 0.5) is 0 Å². The lowest BCUT2D eigenvalue weighted by molar-refractivity contribution is -0.151. The molecule has 1 aliphatic rings. The van der Waals surface area contributed by atoms with Gasteiger partial charge < -0.3 is 117 Å².